The summed E-state index contributed by atoms with van der Waals surface area (Å²) in [6.07, 6.45) is 1.09. The van der Waals surface area contributed by atoms with Crippen molar-refractivity contribution in [3.63, 3.8) is 0 Å². The maximum Gasteiger partial charge on any atom is 0.235 e. The van der Waals surface area contributed by atoms with Gasteiger partial charge in [0, 0.05) is 13.1 Å². The number of methoxy groups -OCH3 is 2. The molecule has 0 spiro atoms. The van der Waals surface area contributed by atoms with Gasteiger partial charge in [-0.1, -0.05) is 24.3 Å². The van der Waals surface area contributed by atoms with Gasteiger partial charge >= 0.3 is 0 Å². The smallest absolute Gasteiger partial charge is 0.235 e. The van der Waals surface area contributed by atoms with Crippen LogP contribution in [0.4, 0.5) is 0 Å². The zero-order chi connectivity index (χ0) is 19.9. The number of hydrogen-bond donors (Lipinski definition) is 1. The summed E-state index contributed by atoms with van der Waals surface area (Å²) in [6.45, 7) is 0.169. The van der Waals surface area contributed by atoms with Gasteiger partial charge in [-0.25, -0.2) is 8.42 Å². The van der Waals surface area contributed by atoms with Gasteiger partial charge in [-0.05, 0) is 35.4 Å². The fraction of sp³-hybridized carbons (Fsp3) is 0.316. The van der Waals surface area contributed by atoms with Gasteiger partial charge < -0.3 is 14.8 Å². The van der Waals surface area contributed by atoms with Gasteiger partial charge in [-0.15, -0.1) is 0 Å². The van der Waals surface area contributed by atoms with Crippen LogP contribution in [0.2, 0.25) is 0 Å². The Hall–Kier alpha value is -2.58. The molecular formula is C19H24N2O5S. The molecule has 1 amide bonds. The molecule has 0 saturated carbocycles. The lowest BCUT2D eigenvalue weighted by Gasteiger charge is -2.19. The fourth-order valence-corrected chi connectivity index (χ4v) is 3.12. The maximum absolute atomic E-state index is 12.2. The number of carbonyl (C=O) groups is 1. The molecule has 0 aliphatic rings. The van der Waals surface area contributed by atoms with Crippen molar-refractivity contribution in [1.29, 1.82) is 0 Å². The lowest BCUT2D eigenvalue weighted by atomic mass is 10.2. The molecule has 2 aromatic rings. The van der Waals surface area contributed by atoms with Crippen LogP contribution in [0.5, 0.6) is 11.5 Å². The molecule has 2 rings (SSSR count). The molecule has 0 fully saturated rings. The predicted molar refractivity (Wildman–Crippen MR) is 103 cm³/mol. The van der Waals surface area contributed by atoms with E-state index in [1.807, 2.05) is 12.1 Å². The monoisotopic (exact) mass is 392 g/mol. The average molecular weight is 392 g/mol. The number of amides is 1. The van der Waals surface area contributed by atoms with Crippen molar-refractivity contribution < 1.29 is 22.7 Å². The van der Waals surface area contributed by atoms with E-state index in [2.05, 4.69) is 5.32 Å². The number of nitrogens with one attached hydrogen (secondary N) is 1. The van der Waals surface area contributed by atoms with Gasteiger partial charge in [0.1, 0.15) is 11.5 Å². The van der Waals surface area contributed by atoms with Crippen molar-refractivity contribution in [2.45, 2.75) is 13.1 Å². The van der Waals surface area contributed by atoms with Crippen molar-refractivity contribution >= 4 is 15.9 Å². The third-order valence-electron chi connectivity index (χ3n) is 3.96. The van der Waals surface area contributed by atoms with Crippen LogP contribution < -0.4 is 14.8 Å². The third-order valence-corrected chi connectivity index (χ3v) is 5.15. The zero-order valence-corrected chi connectivity index (χ0v) is 16.5. The van der Waals surface area contributed by atoms with E-state index < -0.39 is 10.0 Å². The van der Waals surface area contributed by atoms with Crippen LogP contribution in [0.1, 0.15) is 11.1 Å². The molecule has 0 heterocycles. The maximum atomic E-state index is 12.2. The van der Waals surface area contributed by atoms with E-state index in [4.69, 9.17) is 9.47 Å². The van der Waals surface area contributed by atoms with Crippen molar-refractivity contribution in [2.75, 3.05) is 27.0 Å². The van der Waals surface area contributed by atoms with Crippen molar-refractivity contribution in [2.24, 2.45) is 0 Å². The topological polar surface area (TPSA) is 84.9 Å². The second kappa shape index (κ2) is 9.38. The molecule has 0 saturated heterocycles. The zero-order valence-electron chi connectivity index (χ0n) is 15.6. The highest BCUT2D eigenvalue weighted by molar-refractivity contribution is 7.88. The van der Waals surface area contributed by atoms with Gasteiger partial charge in [0.25, 0.3) is 0 Å². The summed E-state index contributed by atoms with van der Waals surface area (Å²) < 4.78 is 35.4. The Labute approximate surface area is 160 Å². The largest absolute Gasteiger partial charge is 0.497 e. The Morgan fingerprint density at radius 2 is 1.41 bits per heavy atom. The Morgan fingerprint density at radius 1 is 0.926 bits per heavy atom. The van der Waals surface area contributed by atoms with Crippen LogP contribution in [-0.2, 0) is 27.9 Å². The summed E-state index contributed by atoms with van der Waals surface area (Å²) in [4.78, 5) is 12.2. The van der Waals surface area contributed by atoms with E-state index in [1.54, 1.807) is 50.6 Å². The minimum atomic E-state index is -3.54. The standard InChI is InChI=1S/C19H24N2O5S/c1-25-17-8-4-15(5-9-17)12-20-19(22)14-21(27(3,23)24)13-16-6-10-18(26-2)11-7-16/h4-11H,12-14H2,1-3H3,(H,20,22). The van der Waals surface area contributed by atoms with Crippen LogP contribution >= 0.6 is 0 Å². The van der Waals surface area contributed by atoms with Gasteiger partial charge in [0.15, 0.2) is 0 Å². The molecule has 0 aliphatic heterocycles. The van der Waals surface area contributed by atoms with E-state index in [0.717, 1.165) is 27.4 Å². The molecule has 0 radical (unpaired) electrons. The van der Waals surface area contributed by atoms with Gasteiger partial charge in [0.2, 0.25) is 15.9 Å². The number of rotatable bonds is 9. The Morgan fingerprint density at radius 3 is 1.85 bits per heavy atom. The first-order valence-corrected chi connectivity index (χ1v) is 10.1. The molecule has 2 aromatic carbocycles. The average Bonchev–Trinajstić information content (AvgIpc) is 2.66. The SMILES string of the molecule is COc1ccc(CNC(=O)CN(Cc2ccc(OC)cc2)S(C)(=O)=O)cc1. The van der Waals surface area contributed by atoms with Crippen LogP contribution in [0.3, 0.4) is 0 Å². The first-order valence-electron chi connectivity index (χ1n) is 8.29. The minimum absolute atomic E-state index is 0.110. The van der Waals surface area contributed by atoms with E-state index >= 15 is 0 Å². The molecule has 7 nitrogen and oxygen atoms in total. The summed E-state index contributed by atoms with van der Waals surface area (Å²) in [5, 5.41) is 2.74. The second-order valence-electron chi connectivity index (χ2n) is 6.00. The quantitative estimate of drug-likeness (QED) is 0.703. The molecule has 0 aromatic heterocycles. The number of sulfonamides is 1. The summed E-state index contributed by atoms with van der Waals surface area (Å²) in [5.41, 5.74) is 1.66. The normalized spacial score (nSPS) is 11.3. The molecule has 0 atom stereocenters. The first kappa shape index (κ1) is 20.7. The minimum Gasteiger partial charge on any atom is -0.497 e. The Bertz CT molecular complexity index is 849. The number of benzene rings is 2. The number of ether oxygens (including phenoxy) is 2. The molecule has 27 heavy (non-hydrogen) atoms. The molecule has 146 valence electrons. The van der Waals surface area contributed by atoms with Crippen molar-refractivity contribution in [1.82, 2.24) is 9.62 Å². The van der Waals surface area contributed by atoms with Gasteiger partial charge in [-0.3, -0.25) is 4.79 Å². The summed E-state index contributed by atoms with van der Waals surface area (Å²) >= 11 is 0. The van der Waals surface area contributed by atoms with E-state index in [9.17, 15) is 13.2 Å². The lowest BCUT2D eigenvalue weighted by molar-refractivity contribution is -0.121. The highest BCUT2D eigenvalue weighted by Gasteiger charge is 2.20. The highest BCUT2D eigenvalue weighted by Crippen LogP contribution is 2.14. The summed E-state index contributed by atoms with van der Waals surface area (Å²) in [7, 11) is -0.398. The van der Waals surface area contributed by atoms with E-state index in [-0.39, 0.29) is 19.0 Å². The van der Waals surface area contributed by atoms with Gasteiger partial charge in [0.05, 0.1) is 27.0 Å². The second-order valence-corrected chi connectivity index (χ2v) is 7.99. The molecule has 8 heteroatoms. The number of carbonyl (C=O) groups excluding carboxylic acids is 1. The fourth-order valence-electron chi connectivity index (χ4n) is 2.39. The van der Waals surface area contributed by atoms with Gasteiger partial charge in [-0.2, -0.15) is 4.31 Å². The molecule has 0 bridgehead atoms. The van der Waals surface area contributed by atoms with E-state index in [0.29, 0.717) is 12.3 Å². The van der Waals surface area contributed by atoms with Crippen LogP contribution in [0, 0.1) is 0 Å². The summed E-state index contributed by atoms with van der Waals surface area (Å²) in [5.74, 6) is 1.04. The number of hydrogen-bond acceptors (Lipinski definition) is 5. The van der Waals surface area contributed by atoms with Crippen LogP contribution in [-0.4, -0.2) is 45.7 Å². The molecule has 0 aliphatic carbocycles. The van der Waals surface area contributed by atoms with Crippen molar-refractivity contribution in [3.05, 3.63) is 59.7 Å². The van der Waals surface area contributed by atoms with Crippen LogP contribution in [0.15, 0.2) is 48.5 Å². The predicted octanol–water partition coefficient (Wildman–Crippen LogP) is 1.78. The van der Waals surface area contributed by atoms with Crippen molar-refractivity contribution in [3.8, 4) is 11.5 Å². The molecule has 0 unspecified atom stereocenters. The summed E-state index contributed by atoms with van der Waals surface area (Å²) in [6, 6.07) is 14.3. The first-order chi connectivity index (χ1) is 12.8. The lowest BCUT2D eigenvalue weighted by Crippen LogP contribution is -2.39. The molecule has 1 N–H and O–H groups in total. The van der Waals surface area contributed by atoms with Crippen LogP contribution in [0.25, 0.3) is 0 Å². The Balaban J connectivity index is 1.96. The third kappa shape index (κ3) is 6.58. The van der Waals surface area contributed by atoms with E-state index in [1.165, 1.54) is 0 Å². The number of nitrogens with zero attached hydrogens (tertiary/aromatic N) is 1. The molecular weight excluding hydrogens is 368 g/mol. The highest BCUT2D eigenvalue weighted by atomic mass is 32.2. The Kier molecular flexibility index (Phi) is 7.20.